The molecule has 0 radical (unpaired) electrons. The number of carbonyl (C=O) groups excluding carboxylic acids is 2. The number of hydrogen-bond acceptors (Lipinski definition) is 4. The van der Waals surface area contributed by atoms with Crippen LogP contribution in [0.25, 0.3) is 10.8 Å². The van der Waals surface area contributed by atoms with Crippen molar-refractivity contribution < 1.29 is 14.7 Å². The van der Waals surface area contributed by atoms with E-state index in [1.54, 1.807) is 6.07 Å². The van der Waals surface area contributed by atoms with E-state index in [1.807, 2.05) is 30.3 Å². The van der Waals surface area contributed by atoms with Gasteiger partial charge in [0.25, 0.3) is 11.8 Å². The molecule has 27 heavy (non-hydrogen) atoms. The highest BCUT2D eigenvalue weighted by molar-refractivity contribution is 6.08. The Balaban J connectivity index is 1.38. The first-order valence-corrected chi connectivity index (χ1v) is 9.46. The van der Waals surface area contributed by atoms with E-state index in [2.05, 4.69) is 17.3 Å². The van der Waals surface area contributed by atoms with Crippen LogP contribution in [0.3, 0.4) is 0 Å². The minimum atomic E-state index is -0.255. The molecule has 1 saturated heterocycles. The van der Waals surface area contributed by atoms with Gasteiger partial charge < -0.3 is 5.11 Å². The molecule has 5 aliphatic rings. The second-order valence-corrected chi connectivity index (χ2v) is 8.11. The molecule has 134 valence electrons. The lowest BCUT2D eigenvalue weighted by molar-refractivity contribution is -0.140. The molecule has 0 spiro atoms. The third-order valence-electron chi connectivity index (χ3n) is 6.89. The molecule has 1 aliphatic heterocycles. The highest BCUT2D eigenvalue weighted by atomic mass is 16.3. The summed E-state index contributed by atoms with van der Waals surface area (Å²) in [4.78, 5) is 25.9. The lowest BCUT2D eigenvalue weighted by Gasteiger charge is -2.37. The van der Waals surface area contributed by atoms with Gasteiger partial charge in [-0.2, -0.15) is 10.1 Å². The minimum absolute atomic E-state index is 0.0805. The zero-order valence-electron chi connectivity index (χ0n) is 14.5. The van der Waals surface area contributed by atoms with Crippen LogP contribution < -0.4 is 0 Å². The van der Waals surface area contributed by atoms with E-state index in [9.17, 15) is 14.7 Å². The normalized spacial score (nSPS) is 35.9. The van der Waals surface area contributed by atoms with E-state index in [-0.39, 0.29) is 41.2 Å². The van der Waals surface area contributed by atoms with E-state index in [1.165, 1.54) is 6.21 Å². The highest BCUT2D eigenvalue weighted by Gasteiger charge is 2.67. The fourth-order valence-corrected chi connectivity index (χ4v) is 5.59. The molecule has 1 N–H and O–H groups in total. The van der Waals surface area contributed by atoms with Gasteiger partial charge in [0.15, 0.2) is 0 Å². The van der Waals surface area contributed by atoms with Crippen molar-refractivity contribution in [3.8, 4) is 5.75 Å². The molecule has 6 atom stereocenters. The SMILES string of the molecule is O=C1C2C3C=CC(C4CC34)C2C(=O)N1/N=C/c1c(O)ccc2ccccc12. The second kappa shape index (κ2) is 5.06. The summed E-state index contributed by atoms with van der Waals surface area (Å²) in [6.45, 7) is 0. The minimum Gasteiger partial charge on any atom is -0.507 e. The lowest BCUT2D eigenvalue weighted by Crippen LogP contribution is -2.40. The number of fused-ring (bicyclic) bond motifs is 1. The third kappa shape index (κ3) is 1.91. The topological polar surface area (TPSA) is 70.0 Å². The van der Waals surface area contributed by atoms with Gasteiger partial charge in [-0.25, -0.2) is 0 Å². The van der Waals surface area contributed by atoms with Crippen LogP contribution in [0.5, 0.6) is 5.75 Å². The maximum atomic E-state index is 13.0. The van der Waals surface area contributed by atoms with E-state index >= 15 is 0 Å². The van der Waals surface area contributed by atoms with Crippen molar-refractivity contribution in [1.82, 2.24) is 5.01 Å². The second-order valence-electron chi connectivity index (χ2n) is 8.11. The molecule has 2 aromatic rings. The number of benzene rings is 2. The van der Waals surface area contributed by atoms with Crippen LogP contribution in [-0.4, -0.2) is 28.1 Å². The summed E-state index contributed by atoms with van der Waals surface area (Å²) in [6, 6.07) is 11.1. The Bertz CT molecular complexity index is 1040. The molecule has 2 bridgehead atoms. The number of nitrogens with zero attached hydrogens (tertiary/aromatic N) is 2. The van der Waals surface area contributed by atoms with Crippen molar-refractivity contribution >= 4 is 28.8 Å². The van der Waals surface area contributed by atoms with E-state index < -0.39 is 0 Å². The Morgan fingerprint density at radius 2 is 1.63 bits per heavy atom. The lowest BCUT2D eigenvalue weighted by atomic mass is 9.63. The predicted molar refractivity (Wildman–Crippen MR) is 99.8 cm³/mol. The highest BCUT2D eigenvalue weighted by Crippen LogP contribution is 2.65. The Morgan fingerprint density at radius 1 is 0.963 bits per heavy atom. The molecular weight excluding hydrogens is 340 g/mol. The molecule has 2 amide bonds. The van der Waals surface area contributed by atoms with Gasteiger partial charge in [-0.05, 0) is 46.9 Å². The number of phenolic OH excluding ortho intramolecular Hbond substituents is 1. The molecule has 2 aromatic carbocycles. The zero-order valence-corrected chi connectivity index (χ0v) is 14.5. The number of hydrazone groups is 1. The smallest absolute Gasteiger partial charge is 0.254 e. The van der Waals surface area contributed by atoms with Crippen molar-refractivity contribution in [1.29, 1.82) is 0 Å². The number of carbonyl (C=O) groups is 2. The van der Waals surface area contributed by atoms with Gasteiger partial charge in [-0.15, -0.1) is 0 Å². The largest absolute Gasteiger partial charge is 0.507 e. The van der Waals surface area contributed by atoms with Gasteiger partial charge >= 0.3 is 0 Å². The number of imide groups is 1. The molecule has 6 unspecified atom stereocenters. The number of amides is 2. The van der Waals surface area contributed by atoms with E-state index in [0.717, 1.165) is 22.2 Å². The summed E-state index contributed by atoms with van der Waals surface area (Å²) >= 11 is 0. The van der Waals surface area contributed by atoms with Crippen LogP contribution in [-0.2, 0) is 9.59 Å². The standard InChI is InChI=1S/C22H18N2O3/c25-18-8-5-11-3-1-2-4-12(11)17(18)10-23-24-21(26)19-13-6-7-14(16-9-15(13)16)20(19)22(24)27/h1-8,10,13-16,19-20,25H,9H2/b23-10+. The first-order chi connectivity index (χ1) is 13.1. The summed E-state index contributed by atoms with van der Waals surface area (Å²) in [5, 5.41) is 17.4. The average molecular weight is 358 g/mol. The third-order valence-corrected chi connectivity index (χ3v) is 6.89. The van der Waals surface area contributed by atoms with E-state index in [0.29, 0.717) is 17.4 Å². The van der Waals surface area contributed by atoms with Gasteiger partial charge in [0.1, 0.15) is 5.75 Å². The number of rotatable bonds is 2. The number of hydrogen-bond donors (Lipinski definition) is 1. The number of aromatic hydroxyl groups is 1. The van der Waals surface area contributed by atoms with Crippen molar-refractivity contribution in [3.63, 3.8) is 0 Å². The first-order valence-electron chi connectivity index (χ1n) is 9.46. The quantitative estimate of drug-likeness (QED) is 0.510. The summed E-state index contributed by atoms with van der Waals surface area (Å²) in [5.41, 5.74) is 0.521. The molecular formula is C22H18N2O3. The zero-order chi connectivity index (χ0) is 18.3. The predicted octanol–water partition coefficient (Wildman–Crippen LogP) is 2.93. The van der Waals surface area contributed by atoms with Crippen molar-refractivity contribution in [3.05, 3.63) is 54.1 Å². The van der Waals surface area contributed by atoms with Crippen molar-refractivity contribution in [2.45, 2.75) is 6.42 Å². The van der Waals surface area contributed by atoms with Crippen LogP contribution in [0.2, 0.25) is 0 Å². The Labute approximate surface area is 156 Å². The Hall–Kier alpha value is -2.95. The van der Waals surface area contributed by atoms with Gasteiger partial charge in [0.05, 0.1) is 18.1 Å². The molecule has 7 rings (SSSR count). The average Bonchev–Trinajstić information content (AvgIpc) is 3.47. The van der Waals surface area contributed by atoms with Crippen LogP contribution in [0.1, 0.15) is 12.0 Å². The van der Waals surface area contributed by atoms with Crippen LogP contribution in [0.15, 0.2) is 53.7 Å². The summed E-state index contributed by atoms with van der Waals surface area (Å²) < 4.78 is 0. The molecule has 2 saturated carbocycles. The molecule has 5 heteroatoms. The molecule has 4 aliphatic carbocycles. The number of phenols is 1. The molecule has 3 fully saturated rings. The monoisotopic (exact) mass is 358 g/mol. The Morgan fingerprint density at radius 3 is 2.33 bits per heavy atom. The first kappa shape index (κ1) is 15.1. The van der Waals surface area contributed by atoms with Crippen molar-refractivity contribution in [2.75, 3.05) is 0 Å². The summed E-state index contributed by atoms with van der Waals surface area (Å²) in [6.07, 6.45) is 6.88. The van der Waals surface area contributed by atoms with Gasteiger partial charge in [-0.3, -0.25) is 9.59 Å². The van der Waals surface area contributed by atoms with Crippen molar-refractivity contribution in [2.24, 2.45) is 40.6 Å². The molecule has 1 heterocycles. The van der Waals surface area contributed by atoms with E-state index in [4.69, 9.17) is 0 Å². The van der Waals surface area contributed by atoms with Crippen LogP contribution in [0, 0.1) is 35.5 Å². The summed E-state index contributed by atoms with van der Waals surface area (Å²) in [5.74, 6) is 0.714. The van der Waals surface area contributed by atoms with Crippen LogP contribution in [0.4, 0.5) is 0 Å². The van der Waals surface area contributed by atoms with Gasteiger partial charge in [0, 0.05) is 5.56 Å². The van der Waals surface area contributed by atoms with Crippen LogP contribution >= 0.6 is 0 Å². The molecule has 0 aromatic heterocycles. The van der Waals surface area contributed by atoms with Gasteiger partial charge in [-0.1, -0.05) is 42.5 Å². The molecule has 5 nitrogen and oxygen atoms in total. The fraction of sp³-hybridized carbons (Fsp3) is 0.318. The number of allylic oxidation sites excluding steroid dienone is 2. The van der Waals surface area contributed by atoms with Gasteiger partial charge in [0.2, 0.25) is 0 Å². The maximum Gasteiger partial charge on any atom is 0.254 e. The Kier molecular flexibility index (Phi) is 2.84. The summed E-state index contributed by atoms with van der Waals surface area (Å²) in [7, 11) is 0. The fourth-order valence-electron chi connectivity index (χ4n) is 5.59. The maximum absolute atomic E-state index is 13.0.